The maximum atomic E-state index is 6.14. The van der Waals surface area contributed by atoms with Gasteiger partial charge in [0.05, 0.1) is 0 Å². The van der Waals surface area contributed by atoms with Crippen molar-refractivity contribution < 1.29 is 0 Å². The van der Waals surface area contributed by atoms with Gasteiger partial charge >= 0.3 is 0 Å². The van der Waals surface area contributed by atoms with Crippen LogP contribution in [0.15, 0.2) is 42.7 Å². The lowest BCUT2D eigenvalue weighted by molar-refractivity contribution is 1.32. The fourth-order valence-electron chi connectivity index (χ4n) is 1.52. The Kier molecular flexibility index (Phi) is 2.51. The third-order valence-electron chi connectivity index (χ3n) is 2.19. The highest BCUT2D eigenvalue weighted by atomic mass is 35.5. The van der Waals surface area contributed by atoms with Crippen LogP contribution in [-0.4, -0.2) is 4.98 Å². The predicted octanol–water partition coefficient (Wildman–Crippen LogP) is 3.71. The van der Waals surface area contributed by atoms with Gasteiger partial charge in [0.25, 0.3) is 0 Å². The van der Waals surface area contributed by atoms with E-state index in [9.17, 15) is 0 Å². The first-order valence-electron chi connectivity index (χ1n) is 4.44. The van der Waals surface area contributed by atoms with E-state index in [4.69, 9.17) is 11.6 Å². The molecule has 0 bridgehead atoms. The molecule has 2 rings (SSSR count). The summed E-state index contributed by atoms with van der Waals surface area (Å²) >= 11 is 6.14. The number of benzene rings is 1. The molecule has 1 aromatic heterocycles. The molecule has 1 nitrogen and oxygen atoms in total. The Bertz CT molecular complexity index is 417. The van der Waals surface area contributed by atoms with E-state index >= 15 is 0 Å². The molecule has 0 spiro atoms. The lowest BCUT2D eigenvalue weighted by atomic mass is 10.0. The molecule has 70 valence electrons. The Hall–Kier alpha value is -1.34. The van der Waals surface area contributed by atoms with Crippen LogP contribution in [0.2, 0.25) is 5.02 Å². The minimum atomic E-state index is 0.788. The molecule has 1 aromatic carbocycles. The second-order valence-electron chi connectivity index (χ2n) is 3.17. The summed E-state index contributed by atoms with van der Waals surface area (Å²) < 4.78 is 0. The minimum absolute atomic E-state index is 0.788. The molecule has 0 fully saturated rings. The zero-order valence-electron chi connectivity index (χ0n) is 7.87. The molecule has 1 heterocycles. The van der Waals surface area contributed by atoms with Crippen molar-refractivity contribution in [3.63, 3.8) is 0 Å². The topological polar surface area (TPSA) is 12.9 Å². The number of hydrogen-bond acceptors (Lipinski definition) is 1. The SMILES string of the molecule is Cc1cccc(Cl)c1-c1ccncc1. The van der Waals surface area contributed by atoms with Crippen molar-refractivity contribution in [1.29, 1.82) is 0 Å². The maximum Gasteiger partial charge on any atom is 0.0487 e. The molecule has 0 radical (unpaired) electrons. The average Bonchev–Trinajstić information content (AvgIpc) is 2.19. The first kappa shape index (κ1) is 9.22. The third-order valence-corrected chi connectivity index (χ3v) is 2.51. The van der Waals surface area contributed by atoms with Crippen LogP contribution < -0.4 is 0 Å². The van der Waals surface area contributed by atoms with Crippen LogP contribution in [0, 0.1) is 6.92 Å². The van der Waals surface area contributed by atoms with Crippen LogP contribution in [0.25, 0.3) is 11.1 Å². The van der Waals surface area contributed by atoms with Crippen molar-refractivity contribution >= 4 is 11.6 Å². The van der Waals surface area contributed by atoms with Crippen molar-refractivity contribution in [2.75, 3.05) is 0 Å². The van der Waals surface area contributed by atoms with E-state index in [1.165, 1.54) is 5.56 Å². The van der Waals surface area contributed by atoms with E-state index in [0.717, 1.165) is 16.1 Å². The average molecular weight is 204 g/mol. The second kappa shape index (κ2) is 3.81. The van der Waals surface area contributed by atoms with Crippen LogP contribution in [0.3, 0.4) is 0 Å². The summed E-state index contributed by atoms with van der Waals surface area (Å²) in [6.45, 7) is 2.06. The normalized spacial score (nSPS) is 10.1. The number of hydrogen-bond donors (Lipinski definition) is 0. The summed E-state index contributed by atoms with van der Waals surface area (Å²) in [6.07, 6.45) is 3.55. The molecule has 0 amide bonds. The highest BCUT2D eigenvalue weighted by Crippen LogP contribution is 2.30. The van der Waals surface area contributed by atoms with Gasteiger partial charge in [-0.2, -0.15) is 0 Å². The quantitative estimate of drug-likeness (QED) is 0.689. The number of aromatic nitrogens is 1. The molecule has 0 saturated carbocycles. The molecule has 2 heteroatoms. The standard InChI is InChI=1S/C12H10ClN/c1-9-3-2-4-11(13)12(9)10-5-7-14-8-6-10/h2-8H,1H3. The van der Waals surface area contributed by atoms with E-state index in [1.807, 2.05) is 24.3 Å². The van der Waals surface area contributed by atoms with Gasteiger partial charge in [-0.25, -0.2) is 0 Å². The number of halogens is 1. The highest BCUT2D eigenvalue weighted by molar-refractivity contribution is 6.33. The van der Waals surface area contributed by atoms with Gasteiger partial charge in [-0.3, -0.25) is 4.98 Å². The van der Waals surface area contributed by atoms with Crippen LogP contribution in [0.5, 0.6) is 0 Å². The largest absolute Gasteiger partial charge is 0.265 e. The van der Waals surface area contributed by atoms with E-state index in [2.05, 4.69) is 18.0 Å². The van der Waals surface area contributed by atoms with Crippen molar-refractivity contribution in [2.45, 2.75) is 6.92 Å². The summed E-state index contributed by atoms with van der Waals surface area (Å²) in [7, 11) is 0. The first-order chi connectivity index (χ1) is 6.79. The predicted molar refractivity (Wildman–Crippen MR) is 59.4 cm³/mol. The van der Waals surface area contributed by atoms with E-state index in [1.54, 1.807) is 12.4 Å². The molecule has 0 aliphatic rings. The van der Waals surface area contributed by atoms with Gasteiger partial charge in [-0.15, -0.1) is 0 Å². The monoisotopic (exact) mass is 203 g/mol. The Labute approximate surface area is 88.4 Å². The molecule has 0 aliphatic heterocycles. The third kappa shape index (κ3) is 1.64. The van der Waals surface area contributed by atoms with Crippen LogP contribution in [-0.2, 0) is 0 Å². The van der Waals surface area contributed by atoms with Gasteiger partial charge in [0, 0.05) is 23.0 Å². The summed E-state index contributed by atoms with van der Waals surface area (Å²) in [5.41, 5.74) is 3.39. The van der Waals surface area contributed by atoms with Crippen LogP contribution in [0.4, 0.5) is 0 Å². The van der Waals surface area contributed by atoms with Crippen molar-refractivity contribution in [3.05, 3.63) is 53.3 Å². The van der Waals surface area contributed by atoms with E-state index in [0.29, 0.717) is 0 Å². The number of rotatable bonds is 1. The lowest BCUT2D eigenvalue weighted by Gasteiger charge is -2.07. The van der Waals surface area contributed by atoms with Crippen molar-refractivity contribution in [1.82, 2.24) is 4.98 Å². The number of nitrogens with zero attached hydrogens (tertiary/aromatic N) is 1. The number of aryl methyl sites for hydroxylation is 1. The zero-order valence-corrected chi connectivity index (χ0v) is 8.62. The molecule has 0 unspecified atom stereocenters. The van der Waals surface area contributed by atoms with E-state index < -0.39 is 0 Å². The summed E-state index contributed by atoms with van der Waals surface area (Å²) in [5, 5.41) is 0.788. The Balaban J connectivity index is 2.63. The second-order valence-corrected chi connectivity index (χ2v) is 3.57. The summed E-state index contributed by atoms with van der Waals surface area (Å²) in [5.74, 6) is 0. The lowest BCUT2D eigenvalue weighted by Crippen LogP contribution is -1.84. The van der Waals surface area contributed by atoms with Gasteiger partial charge < -0.3 is 0 Å². The smallest absolute Gasteiger partial charge is 0.0487 e. The van der Waals surface area contributed by atoms with Gasteiger partial charge in [0.2, 0.25) is 0 Å². The molecular formula is C12H10ClN. The first-order valence-corrected chi connectivity index (χ1v) is 4.82. The fourth-order valence-corrected chi connectivity index (χ4v) is 1.85. The molecule has 0 N–H and O–H groups in total. The van der Waals surface area contributed by atoms with Gasteiger partial charge in [-0.05, 0) is 36.2 Å². The van der Waals surface area contributed by atoms with Crippen molar-refractivity contribution in [3.8, 4) is 11.1 Å². The molecular weight excluding hydrogens is 194 g/mol. The summed E-state index contributed by atoms with van der Waals surface area (Å²) in [6, 6.07) is 9.86. The minimum Gasteiger partial charge on any atom is -0.265 e. The molecule has 0 saturated heterocycles. The zero-order chi connectivity index (χ0) is 9.97. The fraction of sp³-hybridized carbons (Fsp3) is 0.0833. The molecule has 0 atom stereocenters. The Morgan fingerprint density at radius 1 is 1.07 bits per heavy atom. The highest BCUT2D eigenvalue weighted by Gasteiger charge is 2.05. The summed E-state index contributed by atoms with van der Waals surface area (Å²) in [4.78, 5) is 3.99. The maximum absolute atomic E-state index is 6.14. The van der Waals surface area contributed by atoms with Gasteiger partial charge in [0.1, 0.15) is 0 Å². The van der Waals surface area contributed by atoms with Crippen LogP contribution in [0.1, 0.15) is 5.56 Å². The molecule has 0 aliphatic carbocycles. The van der Waals surface area contributed by atoms with E-state index in [-0.39, 0.29) is 0 Å². The Morgan fingerprint density at radius 3 is 2.43 bits per heavy atom. The van der Waals surface area contributed by atoms with Gasteiger partial charge in [-0.1, -0.05) is 23.7 Å². The number of pyridine rings is 1. The molecule has 2 aromatic rings. The van der Waals surface area contributed by atoms with Gasteiger partial charge in [0.15, 0.2) is 0 Å². The van der Waals surface area contributed by atoms with Crippen LogP contribution >= 0.6 is 11.6 Å². The van der Waals surface area contributed by atoms with Crippen molar-refractivity contribution in [2.24, 2.45) is 0 Å². The molecule has 14 heavy (non-hydrogen) atoms. The Morgan fingerprint density at radius 2 is 1.79 bits per heavy atom.